The fourth-order valence-electron chi connectivity index (χ4n) is 1.51. The Bertz CT molecular complexity index is 572. The molecule has 1 aromatic carbocycles. The topological polar surface area (TPSA) is 68.1 Å². The molecule has 0 atom stereocenters. The Morgan fingerprint density at radius 1 is 1.56 bits per heavy atom. The number of aromatic nitrogens is 1. The van der Waals surface area contributed by atoms with E-state index in [9.17, 15) is 10.1 Å². The van der Waals surface area contributed by atoms with Gasteiger partial charge < -0.3 is 5.32 Å². The van der Waals surface area contributed by atoms with E-state index in [4.69, 9.17) is 11.6 Å². The van der Waals surface area contributed by atoms with Crippen LogP contribution in [0.5, 0.6) is 0 Å². The molecule has 0 fully saturated rings. The smallest absolute Gasteiger partial charge is 0.288 e. The first kappa shape index (κ1) is 12.8. The van der Waals surface area contributed by atoms with E-state index in [1.54, 1.807) is 18.5 Å². The third-order valence-electron chi connectivity index (χ3n) is 2.43. The van der Waals surface area contributed by atoms with Gasteiger partial charge in [0.15, 0.2) is 0 Å². The van der Waals surface area contributed by atoms with Crippen LogP contribution < -0.4 is 5.32 Å². The number of thiazole rings is 1. The molecule has 2 rings (SSSR count). The van der Waals surface area contributed by atoms with Gasteiger partial charge in [-0.15, -0.1) is 11.3 Å². The average molecular weight is 284 g/mol. The van der Waals surface area contributed by atoms with Crippen molar-refractivity contribution in [3.63, 3.8) is 0 Å². The number of aryl methyl sites for hydroxylation is 1. The van der Waals surface area contributed by atoms with Crippen LogP contribution in [-0.4, -0.2) is 9.91 Å². The van der Waals surface area contributed by atoms with Crippen molar-refractivity contribution >= 4 is 34.3 Å². The van der Waals surface area contributed by atoms with Gasteiger partial charge in [0, 0.05) is 17.1 Å². The fourth-order valence-corrected chi connectivity index (χ4v) is 2.30. The number of nitro groups is 1. The minimum absolute atomic E-state index is 0.0756. The predicted molar refractivity (Wildman–Crippen MR) is 72.3 cm³/mol. The normalized spacial score (nSPS) is 10.3. The van der Waals surface area contributed by atoms with Gasteiger partial charge in [-0.1, -0.05) is 11.6 Å². The van der Waals surface area contributed by atoms with Gasteiger partial charge >= 0.3 is 0 Å². The van der Waals surface area contributed by atoms with E-state index in [1.807, 2.05) is 5.38 Å². The Labute approximate surface area is 113 Å². The molecule has 0 radical (unpaired) electrons. The first-order chi connectivity index (χ1) is 8.58. The van der Waals surface area contributed by atoms with Crippen LogP contribution in [0.1, 0.15) is 11.3 Å². The van der Waals surface area contributed by atoms with Crippen molar-refractivity contribution in [3.05, 3.63) is 49.4 Å². The first-order valence-corrected chi connectivity index (χ1v) is 6.45. The van der Waals surface area contributed by atoms with Gasteiger partial charge in [-0.3, -0.25) is 10.1 Å². The number of nitrogens with zero attached hydrogens (tertiary/aromatic N) is 2. The number of hydrogen-bond acceptors (Lipinski definition) is 5. The number of halogens is 1. The Morgan fingerprint density at radius 2 is 2.33 bits per heavy atom. The van der Waals surface area contributed by atoms with Gasteiger partial charge in [0.25, 0.3) is 5.69 Å². The Hall–Kier alpha value is -1.66. The predicted octanol–water partition coefficient (Wildman–Crippen LogP) is 3.63. The van der Waals surface area contributed by atoms with Crippen molar-refractivity contribution in [1.82, 2.24) is 4.98 Å². The number of nitro benzene ring substituents is 1. The molecule has 1 aromatic heterocycles. The standard InChI is InChI=1S/C11H10ClN3O2S/c1-7-2-11(15(16)17)9(12)3-10(7)13-4-8-5-18-6-14-8/h2-3,5-6,13H,4H2,1H3. The van der Waals surface area contributed by atoms with Crippen molar-refractivity contribution in [2.45, 2.75) is 13.5 Å². The van der Waals surface area contributed by atoms with Crippen molar-refractivity contribution in [1.29, 1.82) is 0 Å². The Morgan fingerprint density at radius 3 is 2.94 bits per heavy atom. The number of hydrogen-bond donors (Lipinski definition) is 1. The van der Waals surface area contributed by atoms with Gasteiger partial charge in [0.05, 0.1) is 22.7 Å². The van der Waals surface area contributed by atoms with Crippen molar-refractivity contribution in [3.8, 4) is 0 Å². The molecule has 2 aromatic rings. The summed E-state index contributed by atoms with van der Waals surface area (Å²) in [7, 11) is 0. The lowest BCUT2D eigenvalue weighted by atomic mass is 10.1. The molecule has 18 heavy (non-hydrogen) atoms. The van der Waals surface area contributed by atoms with E-state index in [1.165, 1.54) is 17.4 Å². The highest BCUT2D eigenvalue weighted by atomic mass is 35.5. The van der Waals surface area contributed by atoms with E-state index in [-0.39, 0.29) is 10.7 Å². The third kappa shape index (κ3) is 2.77. The summed E-state index contributed by atoms with van der Waals surface area (Å²) in [5, 5.41) is 16.0. The van der Waals surface area contributed by atoms with E-state index in [2.05, 4.69) is 10.3 Å². The largest absolute Gasteiger partial charge is 0.379 e. The summed E-state index contributed by atoms with van der Waals surface area (Å²) in [5.74, 6) is 0. The summed E-state index contributed by atoms with van der Waals surface area (Å²) in [5.41, 5.74) is 4.16. The fraction of sp³-hybridized carbons (Fsp3) is 0.182. The van der Waals surface area contributed by atoms with Crippen LogP contribution in [-0.2, 0) is 6.54 Å². The molecular formula is C11H10ClN3O2S. The van der Waals surface area contributed by atoms with Crippen LogP contribution >= 0.6 is 22.9 Å². The molecule has 0 aliphatic rings. The van der Waals surface area contributed by atoms with Crippen LogP contribution in [0.2, 0.25) is 5.02 Å². The highest BCUT2D eigenvalue weighted by molar-refractivity contribution is 7.07. The summed E-state index contributed by atoms with van der Waals surface area (Å²) >= 11 is 7.38. The van der Waals surface area contributed by atoms with Gasteiger partial charge in [-0.25, -0.2) is 4.98 Å². The minimum Gasteiger partial charge on any atom is -0.379 e. The molecule has 5 nitrogen and oxygen atoms in total. The molecule has 0 unspecified atom stereocenters. The second-order valence-electron chi connectivity index (χ2n) is 3.71. The van der Waals surface area contributed by atoms with E-state index in [0.717, 1.165) is 16.9 Å². The molecule has 7 heteroatoms. The average Bonchev–Trinajstić information content (AvgIpc) is 2.82. The maximum Gasteiger partial charge on any atom is 0.288 e. The second-order valence-corrected chi connectivity index (χ2v) is 4.83. The molecule has 0 spiro atoms. The quantitative estimate of drug-likeness (QED) is 0.687. The third-order valence-corrected chi connectivity index (χ3v) is 3.37. The number of nitrogens with one attached hydrogen (secondary N) is 1. The summed E-state index contributed by atoms with van der Waals surface area (Å²) in [6.45, 7) is 2.37. The second kappa shape index (κ2) is 5.32. The summed E-state index contributed by atoms with van der Waals surface area (Å²) in [4.78, 5) is 14.4. The van der Waals surface area contributed by atoms with Crippen LogP contribution in [0.3, 0.4) is 0 Å². The van der Waals surface area contributed by atoms with Crippen molar-refractivity contribution < 1.29 is 4.92 Å². The molecule has 0 bridgehead atoms. The molecule has 1 N–H and O–H groups in total. The molecule has 0 saturated carbocycles. The van der Waals surface area contributed by atoms with Gasteiger partial charge in [0.2, 0.25) is 0 Å². The molecule has 0 amide bonds. The van der Waals surface area contributed by atoms with E-state index in [0.29, 0.717) is 6.54 Å². The first-order valence-electron chi connectivity index (χ1n) is 5.13. The highest BCUT2D eigenvalue weighted by Gasteiger charge is 2.14. The lowest BCUT2D eigenvalue weighted by Crippen LogP contribution is -2.02. The number of rotatable bonds is 4. The van der Waals surface area contributed by atoms with E-state index < -0.39 is 4.92 Å². The monoisotopic (exact) mass is 283 g/mol. The molecular weight excluding hydrogens is 274 g/mol. The minimum atomic E-state index is -0.487. The zero-order valence-corrected chi connectivity index (χ0v) is 11.1. The van der Waals surface area contributed by atoms with E-state index >= 15 is 0 Å². The number of benzene rings is 1. The van der Waals surface area contributed by atoms with Gasteiger partial charge in [-0.2, -0.15) is 0 Å². The lowest BCUT2D eigenvalue weighted by molar-refractivity contribution is -0.384. The summed E-state index contributed by atoms with van der Waals surface area (Å²) in [6.07, 6.45) is 0. The number of anilines is 1. The van der Waals surface area contributed by atoms with Crippen LogP contribution in [0.25, 0.3) is 0 Å². The van der Waals surface area contributed by atoms with Crippen molar-refractivity contribution in [2.24, 2.45) is 0 Å². The summed E-state index contributed by atoms with van der Waals surface area (Å²) < 4.78 is 0. The van der Waals surface area contributed by atoms with Crippen LogP contribution in [0, 0.1) is 17.0 Å². The molecule has 94 valence electrons. The Kier molecular flexibility index (Phi) is 3.78. The SMILES string of the molecule is Cc1cc([N+](=O)[O-])c(Cl)cc1NCc1cscn1. The van der Waals surface area contributed by atoms with Crippen molar-refractivity contribution in [2.75, 3.05) is 5.32 Å². The molecule has 0 saturated heterocycles. The molecule has 0 aliphatic heterocycles. The lowest BCUT2D eigenvalue weighted by Gasteiger charge is -2.09. The Balaban J connectivity index is 2.19. The maximum atomic E-state index is 10.7. The van der Waals surface area contributed by atoms with Crippen LogP contribution in [0.4, 0.5) is 11.4 Å². The van der Waals surface area contributed by atoms with Crippen LogP contribution in [0.15, 0.2) is 23.0 Å². The molecule has 1 heterocycles. The maximum absolute atomic E-state index is 10.7. The summed E-state index contributed by atoms with van der Waals surface area (Å²) in [6, 6.07) is 3.03. The zero-order valence-electron chi connectivity index (χ0n) is 9.51. The van der Waals surface area contributed by atoms with Gasteiger partial charge in [0.1, 0.15) is 5.02 Å². The van der Waals surface area contributed by atoms with Gasteiger partial charge in [-0.05, 0) is 18.6 Å². The molecule has 0 aliphatic carbocycles. The zero-order chi connectivity index (χ0) is 13.1. The highest BCUT2D eigenvalue weighted by Crippen LogP contribution is 2.30.